The fourth-order valence-corrected chi connectivity index (χ4v) is 5.26. The number of aromatic nitrogens is 2. The van der Waals surface area contributed by atoms with E-state index in [4.69, 9.17) is 14.2 Å². The number of H-pyrrole nitrogens is 1. The minimum Gasteiger partial charge on any atom is -0.465 e. The number of carbonyl (C=O) groups excluding carboxylic acids is 2. The quantitative estimate of drug-likeness (QED) is 0.131. The van der Waals surface area contributed by atoms with Gasteiger partial charge in [0.25, 0.3) is 0 Å². The Morgan fingerprint density at radius 2 is 1.53 bits per heavy atom. The van der Waals surface area contributed by atoms with Crippen LogP contribution in [0.2, 0.25) is 25.7 Å². The van der Waals surface area contributed by atoms with E-state index in [2.05, 4.69) is 56.5 Å². The Morgan fingerprint density at radius 3 is 2.14 bits per heavy atom. The Balaban J connectivity index is 0.000000221. The van der Waals surface area contributed by atoms with E-state index >= 15 is 0 Å². The van der Waals surface area contributed by atoms with Crippen LogP contribution in [0, 0.1) is 0 Å². The largest absolute Gasteiger partial charge is 0.465 e. The standard InChI is InChI=1S/C16H22BrNO3Si.C10H8BrNO2/c1-20-16(19)14-9-12(17)10-15-13(14)5-6-18(15)11-21-7-8-22(2,3)4;1-14-10(13)8-4-6(11)5-9-7(8)2-3-12-9/h5-6,9-10H,7-8,11H2,1-4H3;2-5,12H,1H3. The van der Waals surface area contributed by atoms with Crippen LogP contribution < -0.4 is 0 Å². The first-order valence-corrected chi connectivity index (χ1v) is 16.6. The first-order valence-electron chi connectivity index (χ1n) is 11.3. The van der Waals surface area contributed by atoms with Crippen LogP contribution in [0.15, 0.2) is 57.7 Å². The Labute approximate surface area is 228 Å². The molecule has 0 bridgehead atoms. The van der Waals surface area contributed by atoms with Crippen molar-refractivity contribution in [1.82, 2.24) is 9.55 Å². The molecule has 2 aromatic carbocycles. The highest BCUT2D eigenvalue weighted by atomic mass is 79.9. The van der Waals surface area contributed by atoms with Gasteiger partial charge in [0.1, 0.15) is 6.73 Å². The fourth-order valence-electron chi connectivity index (χ4n) is 3.60. The molecule has 36 heavy (non-hydrogen) atoms. The number of fused-ring (bicyclic) bond motifs is 2. The van der Waals surface area contributed by atoms with E-state index in [-0.39, 0.29) is 11.9 Å². The van der Waals surface area contributed by atoms with Gasteiger partial charge in [0.15, 0.2) is 0 Å². The van der Waals surface area contributed by atoms with Gasteiger partial charge in [-0.15, -0.1) is 0 Å². The molecule has 0 aliphatic rings. The van der Waals surface area contributed by atoms with Crippen molar-refractivity contribution in [1.29, 1.82) is 0 Å². The number of methoxy groups -OCH3 is 2. The van der Waals surface area contributed by atoms with Crippen molar-refractivity contribution in [3.05, 3.63) is 68.9 Å². The average molecular weight is 638 g/mol. The first-order chi connectivity index (χ1) is 17.0. The molecule has 0 radical (unpaired) electrons. The molecule has 0 amide bonds. The Bertz CT molecular complexity index is 1370. The monoisotopic (exact) mass is 636 g/mol. The first kappa shape index (κ1) is 28.2. The third-order valence-corrected chi connectivity index (χ3v) is 8.14. The van der Waals surface area contributed by atoms with Crippen LogP contribution in [0.1, 0.15) is 20.7 Å². The molecule has 0 saturated carbocycles. The number of hydrogen-bond donors (Lipinski definition) is 1. The van der Waals surface area contributed by atoms with Crippen LogP contribution in [0.4, 0.5) is 0 Å². The molecule has 0 atom stereocenters. The lowest BCUT2D eigenvalue weighted by Gasteiger charge is -2.16. The molecule has 0 aliphatic carbocycles. The maximum atomic E-state index is 11.9. The van der Waals surface area contributed by atoms with Gasteiger partial charge in [-0.1, -0.05) is 51.5 Å². The van der Waals surface area contributed by atoms with E-state index in [9.17, 15) is 9.59 Å². The van der Waals surface area contributed by atoms with Crippen LogP contribution in [-0.2, 0) is 20.9 Å². The molecule has 2 heterocycles. The topological polar surface area (TPSA) is 82.6 Å². The summed E-state index contributed by atoms with van der Waals surface area (Å²) in [5, 5.41) is 1.75. The molecule has 192 valence electrons. The molecular formula is C26H30Br2N2O5Si. The van der Waals surface area contributed by atoms with Gasteiger partial charge < -0.3 is 23.8 Å². The third-order valence-electron chi connectivity index (χ3n) is 5.52. The summed E-state index contributed by atoms with van der Waals surface area (Å²) < 4.78 is 19.1. The molecule has 7 nitrogen and oxygen atoms in total. The van der Waals surface area contributed by atoms with Crippen LogP contribution in [-0.4, -0.2) is 50.4 Å². The lowest BCUT2D eigenvalue weighted by molar-refractivity contribution is 0.0594. The molecule has 0 spiro atoms. The maximum Gasteiger partial charge on any atom is 0.338 e. The van der Waals surface area contributed by atoms with Gasteiger partial charge in [-0.25, -0.2) is 9.59 Å². The van der Waals surface area contributed by atoms with Crippen LogP contribution in [0.25, 0.3) is 21.8 Å². The summed E-state index contributed by atoms with van der Waals surface area (Å²) in [5.41, 5.74) is 3.01. The minimum absolute atomic E-state index is 0.323. The Hall–Kier alpha value is -2.40. The molecule has 0 saturated heterocycles. The number of nitrogens with zero attached hydrogens (tertiary/aromatic N) is 1. The Morgan fingerprint density at radius 1 is 0.917 bits per heavy atom. The molecule has 0 aliphatic heterocycles. The van der Waals surface area contributed by atoms with Crippen LogP contribution in [0.3, 0.4) is 0 Å². The smallest absolute Gasteiger partial charge is 0.338 e. The fraction of sp³-hybridized carbons (Fsp3) is 0.308. The van der Waals surface area contributed by atoms with Crippen molar-refractivity contribution in [2.75, 3.05) is 20.8 Å². The number of ether oxygens (including phenoxy) is 3. The minimum atomic E-state index is -1.07. The van der Waals surface area contributed by atoms with Crippen molar-refractivity contribution in [2.45, 2.75) is 32.4 Å². The zero-order chi connectivity index (χ0) is 26.5. The van der Waals surface area contributed by atoms with E-state index in [0.29, 0.717) is 17.9 Å². The van der Waals surface area contributed by atoms with Gasteiger partial charge in [0.2, 0.25) is 0 Å². The molecule has 1 N–H and O–H groups in total. The zero-order valence-electron chi connectivity index (χ0n) is 21.0. The number of nitrogens with one attached hydrogen (secondary N) is 1. The van der Waals surface area contributed by atoms with Crippen molar-refractivity contribution >= 4 is 73.7 Å². The molecule has 0 fully saturated rings. The summed E-state index contributed by atoms with van der Waals surface area (Å²) in [4.78, 5) is 26.3. The number of halogens is 2. The summed E-state index contributed by atoms with van der Waals surface area (Å²) in [6.45, 7) is 8.27. The molecule has 4 rings (SSSR count). The van der Waals surface area contributed by atoms with Gasteiger partial charge in [-0.2, -0.15) is 0 Å². The molecular weight excluding hydrogens is 608 g/mol. The predicted molar refractivity (Wildman–Crippen MR) is 152 cm³/mol. The SMILES string of the molecule is COC(=O)c1cc(Br)cc2[nH]ccc12.COC(=O)c1cc(Br)cc2c1ccn2COCC[Si](C)(C)C. The molecule has 10 heteroatoms. The lowest BCUT2D eigenvalue weighted by Crippen LogP contribution is -2.21. The van der Waals surface area contributed by atoms with Gasteiger partial charge in [0.05, 0.1) is 30.9 Å². The second-order valence-electron chi connectivity index (χ2n) is 9.40. The van der Waals surface area contributed by atoms with Gasteiger partial charge in [-0.3, -0.25) is 0 Å². The lowest BCUT2D eigenvalue weighted by atomic mass is 10.1. The number of aromatic amines is 1. The summed E-state index contributed by atoms with van der Waals surface area (Å²) in [5.74, 6) is -0.653. The number of rotatable bonds is 7. The van der Waals surface area contributed by atoms with E-state index < -0.39 is 8.07 Å². The van der Waals surface area contributed by atoms with E-state index in [0.717, 1.165) is 43.4 Å². The normalized spacial score (nSPS) is 11.3. The maximum absolute atomic E-state index is 11.9. The van der Waals surface area contributed by atoms with Crippen molar-refractivity contribution < 1.29 is 23.8 Å². The number of benzene rings is 2. The molecule has 4 aromatic rings. The summed E-state index contributed by atoms with van der Waals surface area (Å²) in [6, 6.07) is 12.4. The number of esters is 2. The predicted octanol–water partition coefficient (Wildman–Crippen LogP) is 7.22. The molecule has 2 aromatic heterocycles. The van der Waals surface area contributed by atoms with Crippen molar-refractivity contribution in [3.63, 3.8) is 0 Å². The van der Waals surface area contributed by atoms with Crippen molar-refractivity contribution in [2.24, 2.45) is 0 Å². The second kappa shape index (κ2) is 12.2. The van der Waals surface area contributed by atoms with Crippen LogP contribution >= 0.6 is 31.9 Å². The third kappa shape index (κ3) is 7.09. The molecule has 0 unspecified atom stereocenters. The van der Waals surface area contributed by atoms with E-state index in [1.807, 2.05) is 35.0 Å². The number of carbonyl (C=O) groups is 2. The highest BCUT2D eigenvalue weighted by molar-refractivity contribution is 9.10. The highest BCUT2D eigenvalue weighted by Gasteiger charge is 2.15. The summed E-state index contributed by atoms with van der Waals surface area (Å²) in [7, 11) is 1.70. The highest BCUT2D eigenvalue weighted by Crippen LogP contribution is 2.27. The van der Waals surface area contributed by atoms with Gasteiger partial charge in [0, 0.05) is 52.3 Å². The summed E-state index contributed by atoms with van der Waals surface area (Å²) >= 11 is 6.79. The average Bonchev–Trinajstić information content (AvgIpc) is 3.46. The van der Waals surface area contributed by atoms with E-state index in [1.54, 1.807) is 18.3 Å². The van der Waals surface area contributed by atoms with Gasteiger partial charge in [-0.05, 0) is 42.4 Å². The van der Waals surface area contributed by atoms with E-state index in [1.165, 1.54) is 14.2 Å². The zero-order valence-corrected chi connectivity index (χ0v) is 25.2. The van der Waals surface area contributed by atoms with Crippen LogP contribution in [0.5, 0.6) is 0 Å². The second-order valence-corrected chi connectivity index (χ2v) is 16.8. The number of hydrogen-bond acceptors (Lipinski definition) is 5. The Kier molecular flexibility index (Phi) is 9.57. The van der Waals surface area contributed by atoms with Gasteiger partial charge >= 0.3 is 11.9 Å². The van der Waals surface area contributed by atoms with Crippen molar-refractivity contribution in [3.8, 4) is 0 Å². The summed E-state index contributed by atoms with van der Waals surface area (Å²) in [6.07, 6.45) is 3.74.